The molecule has 1 aromatic carbocycles. The van der Waals surface area contributed by atoms with Gasteiger partial charge in [0.15, 0.2) is 0 Å². The summed E-state index contributed by atoms with van der Waals surface area (Å²) in [5.74, 6) is -0.772. The van der Waals surface area contributed by atoms with E-state index in [4.69, 9.17) is 5.73 Å². The molecule has 0 bridgehead atoms. The highest BCUT2D eigenvalue weighted by molar-refractivity contribution is 5.82. The number of hydrogen-bond donors (Lipinski definition) is 2. The third-order valence-electron chi connectivity index (χ3n) is 1.92. The largest absolute Gasteiger partial charge is 0.374 e. The SMILES string of the molecule is CC[C@@H](Nc1cccc(F)c1)C(N)=O. The average Bonchev–Trinajstić information content (AvgIpc) is 2.14. The van der Waals surface area contributed by atoms with Crippen LogP contribution in [-0.4, -0.2) is 11.9 Å². The Kier molecular flexibility index (Phi) is 3.45. The lowest BCUT2D eigenvalue weighted by Gasteiger charge is -2.14. The number of primary amides is 1. The van der Waals surface area contributed by atoms with Crippen molar-refractivity contribution in [1.29, 1.82) is 0 Å². The van der Waals surface area contributed by atoms with Crippen LogP contribution < -0.4 is 11.1 Å². The molecule has 3 nitrogen and oxygen atoms in total. The minimum Gasteiger partial charge on any atom is -0.374 e. The molecule has 0 saturated heterocycles. The summed E-state index contributed by atoms with van der Waals surface area (Å²) in [6.07, 6.45) is 0.575. The molecule has 0 aliphatic heterocycles. The summed E-state index contributed by atoms with van der Waals surface area (Å²) in [4.78, 5) is 10.9. The lowest BCUT2D eigenvalue weighted by Crippen LogP contribution is -2.34. The van der Waals surface area contributed by atoms with Gasteiger partial charge in [-0.15, -0.1) is 0 Å². The van der Waals surface area contributed by atoms with Gasteiger partial charge in [-0.3, -0.25) is 4.79 Å². The second kappa shape index (κ2) is 4.60. The molecule has 1 rings (SSSR count). The third kappa shape index (κ3) is 2.73. The summed E-state index contributed by atoms with van der Waals surface area (Å²) >= 11 is 0. The molecule has 0 aromatic heterocycles. The molecular weight excluding hydrogens is 183 g/mol. The first-order valence-corrected chi connectivity index (χ1v) is 4.45. The lowest BCUT2D eigenvalue weighted by molar-refractivity contribution is -0.118. The van der Waals surface area contributed by atoms with E-state index in [1.807, 2.05) is 6.92 Å². The molecule has 14 heavy (non-hydrogen) atoms. The molecule has 1 aromatic rings. The predicted molar refractivity (Wildman–Crippen MR) is 53.3 cm³/mol. The summed E-state index contributed by atoms with van der Waals surface area (Å²) < 4.78 is 12.8. The Morgan fingerprint density at radius 1 is 1.64 bits per heavy atom. The predicted octanol–water partition coefficient (Wildman–Crippen LogP) is 1.50. The molecule has 0 aliphatic carbocycles. The van der Waals surface area contributed by atoms with Gasteiger partial charge in [0.2, 0.25) is 5.91 Å². The summed E-state index contributed by atoms with van der Waals surface area (Å²) in [6, 6.07) is 5.49. The Morgan fingerprint density at radius 3 is 2.86 bits per heavy atom. The Morgan fingerprint density at radius 2 is 2.36 bits per heavy atom. The second-order valence-electron chi connectivity index (χ2n) is 3.02. The normalized spacial score (nSPS) is 12.1. The molecular formula is C10H13FN2O. The number of anilines is 1. The molecule has 0 aliphatic rings. The van der Waals surface area contributed by atoms with Gasteiger partial charge in [-0.25, -0.2) is 4.39 Å². The van der Waals surface area contributed by atoms with Crippen molar-refractivity contribution in [2.24, 2.45) is 5.73 Å². The molecule has 1 atom stereocenters. The number of halogens is 1. The van der Waals surface area contributed by atoms with E-state index in [1.54, 1.807) is 12.1 Å². The highest BCUT2D eigenvalue weighted by Gasteiger charge is 2.11. The molecule has 76 valence electrons. The van der Waals surface area contributed by atoms with Crippen LogP contribution >= 0.6 is 0 Å². The van der Waals surface area contributed by atoms with E-state index in [0.29, 0.717) is 12.1 Å². The van der Waals surface area contributed by atoms with Crippen molar-refractivity contribution in [2.75, 3.05) is 5.32 Å². The molecule has 0 spiro atoms. The van der Waals surface area contributed by atoms with Crippen LogP contribution in [0.3, 0.4) is 0 Å². The fourth-order valence-electron chi connectivity index (χ4n) is 1.15. The number of carbonyl (C=O) groups excluding carboxylic acids is 1. The van der Waals surface area contributed by atoms with Gasteiger partial charge in [0.05, 0.1) is 0 Å². The fourth-order valence-corrected chi connectivity index (χ4v) is 1.15. The first-order valence-electron chi connectivity index (χ1n) is 4.45. The summed E-state index contributed by atoms with van der Waals surface area (Å²) in [5.41, 5.74) is 5.70. The first kappa shape index (κ1) is 10.5. The van der Waals surface area contributed by atoms with Crippen molar-refractivity contribution in [3.05, 3.63) is 30.1 Å². The molecule has 0 radical (unpaired) electrons. The Balaban J connectivity index is 2.72. The highest BCUT2D eigenvalue weighted by atomic mass is 19.1. The van der Waals surface area contributed by atoms with E-state index in [-0.39, 0.29) is 5.82 Å². The fraction of sp³-hybridized carbons (Fsp3) is 0.300. The number of nitrogens with two attached hydrogens (primary N) is 1. The number of rotatable bonds is 4. The van der Waals surface area contributed by atoms with Crippen LogP contribution in [-0.2, 0) is 4.79 Å². The van der Waals surface area contributed by atoms with Gasteiger partial charge in [0, 0.05) is 5.69 Å². The topological polar surface area (TPSA) is 55.1 Å². The van der Waals surface area contributed by atoms with E-state index >= 15 is 0 Å². The zero-order valence-electron chi connectivity index (χ0n) is 7.96. The number of carbonyl (C=O) groups is 1. The minimum absolute atomic E-state index is 0.339. The molecule has 0 saturated carbocycles. The molecule has 3 N–H and O–H groups in total. The monoisotopic (exact) mass is 196 g/mol. The van der Waals surface area contributed by atoms with Crippen LogP contribution in [0.25, 0.3) is 0 Å². The second-order valence-corrected chi connectivity index (χ2v) is 3.02. The smallest absolute Gasteiger partial charge is 0.239 e. The van der Waals surface area contributed by atoms with Crippen LogP contribution in [0.5, 0.6) is 0 Å². The van der Waals surface area contributed by atoms with Gasteiger partial charge in [-0.05, 0) is 24.6 Å². The maximum absolute atomic E-state index is 12.8. The highest BCUT2D eigenvalue weighted by Crippen LogP contribution is 2.11. The quantitative estimate of drug-likeness (QED) is 0.766. The van der Waals surface area contributed by atoms with Gasteiger partial charge >= 0.3 is 0 Å². The third-order valence-corrected chi connectivity index (χ3v) is 1.92. The lowest BCUT2D eigenvalue weighted by atomic mass is 10.2. The molecule has 0 fully saturated rings. The first-order chi connectivity index (χ1) is 6.63. The van der Waals surface area contributed by atoms with Crippen LogP contribution in [0.4, 0.5) is 10.1 Å². The van der Waals surface area contributed by atoms with Crippen LogP contribution in [0, 0.1) is 5.82 Å². The minimum atomic E-state index is -0.447. The molecule has 4 heteroatoms. The number of hydrogen-bond acceptors (Lipinski definition) is 2. The maximum atomic E-state index is 12.8. The van der Waals surface area contributed by atoms with E-state index < -0.39 is 11.9 Å². The number of nitrogens with one attached hydrogen (secondary N) is 1. The van der Waals surface area contributed by atoms with Crippen molar-refractivity contribution in [1.82, 2.24) is 0 Å². The van der Waals surface area contributed by atoms with Crippen LogP contribution in [0.2, 0.25) is 0 Å². The summed E-state index contributed by atoms with van der Waals surface area (Å²) in [6.45, 7) is 1.84. The van der Waals surface area contributed by atoms with Crippen molar-refractivity contribution in [3.8, 4) is 0 Å². The van der Waals surface area contributed by atoms with Gasteiger partial charge in [0.25, 0.3) is 0 Å². The molecule has 0 unspecified atom stereocenters. The van der Waals surface area contributed by atoms with Crippen molar-refractivity contribution in [3.63, 3.8) is 0 Å². The molecule has 1 amide bonds. The van der Waals surface area contributed by atoms with Crippen molar-refractivity contribution < 1.29 is 9.18 Å². The van der Waals surface area contributed by atoms with Crippen molar-refractivity contribution >= 4 is 11.6 Å². The number of benzene rings is 1. The van der Waals surface area contributed by atoms with Gasteiger partial charge in [-0.2, -0.15) is 0 Å². The van der Waals surface area contributed by atoms with E-state index in [2.05, 4.69) is 5.32 Å². The molecule has 0 heterocycles. The van der Waals surface area contributed by atoms with Gasteiger partial charge in [0.1, 0.15) is 11.9 Å². The van der Waals surface area contributed by atoms with E-state index in [0.717, 1.165) is 0 Å². The van der Waals surface area contributed by atoms with Gasteiger partial charge in [-0.1, -0.05) is 13.0 Å². The maximum Gasteiger partial charge on any atom is 0.239 e. The average molecular weight is 196 g/mol. The zero-order valence-corrected chi connectivity index (χ0v) is 7.96. The van der Waals surface area contributed by atoms with Crippen molar-refractivity contribution in [2.45, 2.75) is 19.4 Å². The van der Waals surface area contributed by atoms with Gasteiger partial charge < -0.3 is 11.1 Å². The van der Waals surface area contributed by atoms with E-state index in [9.17, 15) is 9.18 Å². The Labute approximate surface area is 82.1 Å². The van der Waals surface area contributed by atoms with E-state index in [1.165, 1.54) is 12.1 Å². The van der Waals surface area contributed by atoms with Crippen LogP contribution in [0.1, 0.15) is 13.3 Å². The van der Waals surface area contributed by atoms with Crippen LogP contribution in [0.15, 0.2) is 24.3 Å². The Hall–Kier alpha value is -1.58. The summed E-state index contributed by atoms with van der Waals surface area (Å²) in [5, 5.41) is 2.85. The summed E-state index contributed by atoms with van der Waals surface area (Å²) in [7, 11) is 0. The zero-order chi connectivity index (χ0) is 10.6. The standard InChI is InChI=1S/C10H13FN2O/c1-2-9(10(12)14)13-8-5-3-4-7(11)6-8/h3-6,9,13H,2H2,1H3,(H2,12,14)/t9-/m1/s1. The Bertz CT molecular complexity index is 328. The number of amides is 1.